The number of phenols is 1. The number of benzene rings is 1. The van der Waals surface area contributed by atoms with E-state index in [-0.39, 0.29) is 10.8 Å². The van der Waals surface area contributed by atoms with E-state index in [1.54, 1.807) is 12.3 Å². The summed E-state index contributed by atoms with van der Waals surface area (Å²) in [6.45, 7) is 0.928. The Morgan fingerprint density at radius 1 is 1.25 bits per heavy atom. The standard InChI is InChI=1S/C15H16Cl2N2O/c16-11-5-6-12(20)14(17)13(11)15-18-7-8-19(15)9-10-3-1-2-4-10/h5-8,10,20H,1-4,9H2. The largest absolute Gasteiger partial charge is 0.506 e. The van der Waals surface area contributed by atoms with Crippen LogP contribution in [-0.4, -0.2) is 14.7 Å². The molecule has 0 spiro atoms. The number of halogens is 2. The summed E-state index contributed by atoms with van der Waals surface area (Å²) in [4.78, 5) is 4.37. The maximum absolute atomic E-state index is 9.77. The van der Waals surface area contributed by atoms with Crippen LogP contribution in [0.4, 0.5) is 0 Å². The lowest BCUT2D eigenvalue weighted by Crippen LogP contribution is -2.08. The molecule has 1 aromatic carbocycles. The molecule has 0 radical (unpaired) electrons. The van der Waals surface area contributed by atoms with E-state index in [4.69, 9.17) is 23.2 Å². The molecule has 5 heteroatoms. The fourth-order valence-electron chi connectivity index (χ4n) is 2.90. The number of rotatable bonds is 3. The van der Waals surface area contributed by atoms with Crippen molar-refractivity contribution >= 4 is 23.2 Å². The highest BCUT2D eigenvalue weighted by atomic mass is 35.5. The molecule has 1 aromatic heterocycles. The zero-order chi connectivity index (χ0) is 14.1. The first-order chi connectivity index (χ1) is 9.66. The molecule has 0 aliphatic heterocycles. The zero-order valence-electron chi connectivity index (χ0n) is 11.0. The Kier molecular flexibility index (Phi) is 3.90. The summed E-state index contributed by atoms with van der Waals surface area (Å²) >= 11 is 12.4. The van der Waals surface area contributed by atoms with Gasteiger partial charge in [-0.15, -0.1) is 0 Å². The molecule has 3 nitrogen and oxygen atoms in total. The van der Waals surface area contributed by atoms with Gasteiger partial charge in [-0.3, -0.25) is 0 Å². The van der Waals surface area contributed by atoms with Gasteiger partial charge < -0.3 is 9.67 Å². The van der Waals surface area contributed by atoms with Gasteiger partial charge in [-0.1, -0.05) is 36.0 Å². The summed E-state index contributed by atoms with van der Waals surface area (Å²) in [6, 6.07) is 3.14. The van der Waals surface area contributed by atoms with Crippen molar-refractivity contribution in [3.63, 3.8) is 0 Å². The third kappa shape index (κ3) is 2.52. The first-order valence-corrected chi connectivity index (χ1v) is 7.61. The van der Waals surface area contributed by atoms with E-state index >= 15 is 0 Å². The van der Waals surface area contributed by atoms with Gasteiger partial charge >= 0.3 is 0 Å². The van der Waals surface area contributed by atoms with Crippen molar-refractivity contribution in [1.82, 2.24) is 9.55 Å². The first-order valence-electron chi connectivity index (χ1n) is 6.85. The maximum Gasteiger partial charge on any atom is 0.143 e. The second kappa shape index (κ2) is 5.66. The van der Waals surface area contributed by atoms with Crippen LogP contribution in [0.15, 0.2) is 24.5 Å². The molecule has 20 heavy (non-hydrogen) atoms. The smallest absolute Gasteiger partial charge is 0.143 e. The van der Waals surface area contributed by atoms with Crippen LogP contribution >= 0.6 is 23.2 Å². The second-order valence-corrected chi connectivity index (χ2v) is 6.09. The number of phenolic OH excluding ortho intramolecular Hbond substituents is 1. The van der Waals surface area contributed by atoms with Gasteiger partial charge in [-0.05, 0) is 30.9 Å². The summed E-state index contributed by atoms with van der Waals surface area (Å²) in [7, 11) is 0. The van der Waals surface area contributed by atoms with Crippen LogP contribution in [0.25, 0.3) is 11.4 Å². The highest BCUT2D eigenvalue weighted by molar-refractivity contribution is 6.39. The number of hydrogen-bond donors (Lipinski definition) is 1. The van der Waals surface area contributed by atoms with Gasteiger partial charge in [0.25, 0.3) is 0 Å². The van der Waals surface area contributed by atoms with Crippen molar-refractivity contribution in [3.8, 4) is 17.1 Å². The Morgan fingerprint density at radius 3 is 2.75 bits per heavy atom. The van der Waals surface area contributed by atoms with Gasteiger partial charge in [0, 0.05) is 18.9 Å². The van der Waals surface area contributed by atoms with Gasteiger partial charge in [0.1, 0.15) is 11.6 Å². The minimum atomic E-state index is 0.0292. The van der Waals surface area contributed by atoms with Crippen LogP contribution in [0.1, 0.15) is 25.7 Å². The van der Waals surface area contributed by atoms with Crippen molar-refractivity contribution in [2.45, 2.75) is 32.2 Å². The molecule has 1 aliphatic carbocycles. The second-order valence-electron chi connectivity index (χ2n) is 5.31. The molecule has 1 saturated carbocycles. The van der Waals surface area contributed by atoms with Gasteiger partial charge in [-0.25, -0.2) is 4.98 Å². The van der Waals surface area contributed by atoms with E-state index in [9.17, 15) is 5.11 Å². The Balaban J connectivity index is 1.99. The number of hydrogen-bond acceptors (Lipinski definition) is 2. The van der Waals surface area contributed by atoms with Crippen molar-refractivity contribution in [1.29, 1.82) is 0 Å². The summed E-state index contributed by atoms with van der Waals surface area (Å²) in [5, 5.41) is 10.5. The van der Waals surface area contributed by atoms with Crippen molar-refractivity contribution in [3.05, 3.63) is 34.6 Å². The van der Waals surface area contributed by atoms with Gasteiger partial charge in [0.15, 0.2) is 0 Å². The topological polar surface area (TPSA) is 38.1 Å². The molecule has 1 N–H and O–H groups in total. The quantitative estimate of drug-likeness (QED) is 0.888. The van der Waals surface area contributed by atoms with E-state index in [1.807, 2.05) is 6.20 Å². The van der Waals surface area contributed by atoms with Crippen LogP contribution in [0.5, 0.6) is 5.75 Å². The highest BCUT2D eigenvalue weighted by Gasteiger charge is 2.20. The van der Waals surface area contributed by atoms with Gasteiger partial charge in [-0.2, -0.15) is 0 Å². The lowest BCUT2D eigenvalue weighted by molar-refractivity contribution is 0.459. The fourth-order valence-corrected chi connectivity index (χ4v) is 3.44. The van der Waals surface area contributed by atoms with Gasteiger partial charge in [0.05, 0.1) is 15.6 Å². The molecule has 3 rings (SSSR count). The van der Waals surface area contributed by atoms with E-state index < -0.39 is 0 Å². The molecule has 2 aromatic rings. The van der Waals surface area contributed by atoms with Crippen molar-refractivity contribution in [2.24, 2.45) is 5.92 Å². The predicted octanol–water partition coefficient (Wildman–Crippen LogP) is 4.75. The summed E-state index contributed by atoms with van der Waals surface area (Å²) in [6.07, 6.45) is 8.84. The van der Waals surface area contributed by atoms with Crippen LogP contribution < -0.4 is 0 Å². The average Bonchev–Trinajstić information content (AvgIpc) is 3.08. The number of nitrogens with zero attached hydrogens (tertiary/aromatic N) is 2. The lowest BCUT2D eigenvalue weighted by atomic mass is 10.1. The van der Waals surface area contributed by atoms with E-state index in [0.29, 0.717) is 16.5 Å². The van der Waals surface area contributed by atoms with E-state index in [1.165, 1.54) is 31.7 Å². The third-order valence-electron chi connectivity index (χ3n) is 3.94. The molecule has 1 fully saturated rings. The van der Waals surface area contributed by atoms with E-state index in [0.717, 1.165) is 12.4 Å². The molecule has 0 atom stereocenters. The monoisotopic (exact) mass is 310 g/mol. The molecule has 0 amide bonds. The molecular formula is C15H16Cl2N2O. The molecule has 0 saturated heterocycles. The summed E-state index contributed by atoms with van der Waals surface area (Å²) in [5.74, 6) is 1.45. The number of aromatic nitrogens is 2. The third-order valence-corrected chi connectivity index (χ3v) is 4.64. The minimum absolute atomic E-state index is 0.0292. The van der Waals surface area contributed by atoms with Crippen LogP contribution in [0.3, 0.4) is 0 Å². The van der Waals surface area contributed by atoms with Crippen molar-refractivity contribution < 1.29 is 5.11 Å². The first kappa shape index (κ1) is 13.8. The fraction of sp³-hybridized carbons (Fsp3) is 0.400. The summed E-state index contributed by atoms with van der Waals surface area (Å²) in [5.41, 5.74) is 0.608. The highest BCUT2D eigenvalue weighted by Crippen LogP contribution is 2.39. The molecule has 0 unspecified atom stereocenters. The normalized spacial score (nSPS) is 15.9. The average molecular weight is 311 g/mol. The SMILES string of the molecule is Oc1ccc(Cl)c(-c2nccn2CC2CCCC2)c1Cl. The summed E-state index contributed by atoms with van der Waals surface area (Å²) < 4.78 is 2.09. The molecule has 106 valence electrons. The Labute approximate surface area is 128 Å². The Morgan fingerprint density at radius 2 is 2.00 bits per heavy atom. The van der Waals surface area contributed by atoms with Crippen LogP contribution in [0.2, 0.25) is 10.0 Å². The number of imidazole rings is 1. The molecule has 1 aliphatic rings. The van der Waals surface area contributed by atoms with Crippen LogP contribution in [-0.2, 0) is 6.54 Å². The predicted molar refractivity (Wildman–Crippen MR) is 81.3 cm³/mol. The molecular weight excluding hydrogens is 295 g/mol. The molecule has 1 heterocycles. The minimum Gasteiger partial charge on any atom is -0.506 e. The lowest BCUT2D eigenvalue weighted by Gasteiger charge is -2.14. The maximum atomic E-state index is 9.77. The number of aromatic hydroxyl groups is 1. The van der Waals surface area contributed by atoms with Crippen LogP contribution in [0, 0.1) is 5.92 Å². The zero-order valence-corrected chi connectivity index (χ0v) is 12.5. The van der Waals surface area contributed by atoms with Gasteiger partial charge in [0.2, 0.25) is 0 Å². The van der Waals surface area contributed by atoms with E-state index in [2.05, 4.69) is 9.55 Å². The Hall–Kier alpha value is -1.19. The molecule has 0 bridgehead atoms. The Bertz CT molecular complexity index is 618. The van der Waals surface area contributed by atoms with Crippen molar-refractivity contribution in [2.75, 3.05) is 0 Å².